The molecule has 1 aromatic carbocycles. The van der Waals surface area contributed by atoms with Crippen molar-refractivity contribution in [3.63, 3.8) is 0 Å². The van der Waals surface area contributed by atoms with Crippen LogP contribution in [0.4, 0.5) is 35.1 Å². The second-order valence-electron chi connectivity index (χ2n) is 9.38. The van der Waals surface area contributed by atoms with Crippen molar-refractivity contribution in [2.75, 3.05) is 0 Å². The monoisotopic (exact) mass is 683 g/mol. The van der Waals surface area contributed by atoms with Crippen LogP contribution in [-0.2, 0) is 12.4 Å². The first kappa shape index (κ1) is 33.4. The van der Waals surface area contributed by atoms with Crippen LogP contribution in [0, 0.1) is 91.5 Å². The molecule has 0 saturated heterocycles. The van der Waals surface area contributed by atoms with Crippen LogP contribution in [0.25, 0.3) is 33.4 Å². The third-order valence-electron chi connectivity index (χ3n) is 6.82. The molecule has 2 aliphatic rings. The quantitative estimate of drug-likeness (QED) is 0.262. The Bertz CT molecular complexity index is 2530. The van der Waals surface area contributed by atoms with E-state index in [9.17, 15) is 72.0 Å². The molecule has 0 radical (unpaired) electrons. The van der Waals surface area contributed by atoms with Gasteiger partial charge in [0.2, 0.25) is 11.6 Å². The van der Waals surface area contributed by atoms with Crippen molar-refractivity contribution in [1.82, 2.24) is 29.9 Å². The molecule has 0 N–H and O–H groups in total. The molecule has 0 fully saturated rings. The van der Waals surface area contributed by atoms with Gasteiger partial charge in [-0.15, -0.1) is 0 Å². The van der Waals surface area contributed by atoms with Crippen LogP contribution in [0.1, 0.15) is 51.1 Å². The smallest absolute Gasteiger partial charge is 0.204 e. The SMILES string of the molecule is N#CC(C#N)=C1C(c2nc(F)nc(C(F)(F)F)n2)=C(C#N)c2c1cc1c(c2C#N)C(=C(C#N)C#N)C(c2nc(F)nc(C(F)(F)F)n2)=C1C#N. The predicted octanol–water partition coefficient (Wildman–Crippen LogP) is 4.74. The van der Waals surface area contributed by atoms with Crippen molar-refractivity contribution >= 4 is 33.4 Å². The number of hydrogen-bond acceptors (Lipinski definition) is 13. The molecule has 0 saturated carbocycles. The molecule has 2 aliphatic carbocycles. The number of nitrogens with zero attached hydrogens (tertiary/aromatic N) is 13. The maximum absolute atomic E-state index is 14.4. The van der Waals surface area contributed by atoms with Crippen LogP contribution in [0.3, 0.4) is 0 Å². The van der Waals surface area contributed by atoms with Crippen LogP contribution in [0.15, 0.2) is 17.2 Å². The summed E-state index contributed by atoms with van der Waals surface area (Å²) in [6.45, 7) is 0. The zero-order chi connectivity index (χ0) is 36.9. The lowest BCUT2D eigenvalue weighted by molar-refractivity contribution is -0.146. The van der Waals surface area contributed by atoms with E-state index in [1.54, 1.807) is 18.2 Å². The highest BCUT2D eigenvalue weighted by Crippen LogP contribution is 2.55. The van der Waals surface area contributed by atoms with E-state index in [0.29, 0.717) is 0 Å². The summed E-state index contributed by atoms with van der Waals surface area (Å²) in [5, 5.41) is 70.0. The minimum Gasteiger partial charge on any atom is -0.204 e. The van der Waals surface area contributed by atoms with Gasteiger partial charge in [0, 0.05) is 39.0 Å². The molecular weight excluding hydrogens is 682 g/mol. The van der Waals surface area contributed by atoms with Crippen LogP contribution in [-0.4, -0.2) is 29.9 Å². The fourth-order valence-electron chi connectivity index (χ4n) is 5.11. The molecule has 2 heterocycles. The highest BCUT2D eigenvalue weighted by molar-refractivity contribution is 6.30. The Labute approximate surface area is 270 Å². The summed E-state index contributed by atoms with van der Waals surface area (Å²) in [6, 6.07) is 11.3. The normalized spacial score (nSPS) is 13.2. The number of fused-ring (bicyclic) bond motifs is 2. The van der Waals surface area contributed by atoms with E-state index >= 15 is 0 Å². The van der Waals surface area contributed by atoms with Gasteiger partial charge < -0.3 is 0 Å². The number of rotatable bonds is 2. The third-order valence-corrected chi connectivity index (χ3v) is 6.82. The molecule has 2 aromatic heterocycles. The second-order valence-corrected chi connectivity index (χ2v) is 9.38. The van der Waals surface area contributed by atoms with E-state index < -0.39 is 120 Å². The van der Waals surface area contributed by atoms with Crippen LogP contribution in [0.2, 0.25) is 0 Å². The van der Waals surface area contributed by atoms with Gasteiger partial charge in [-0.25, -0.2) is 9.97 Å². The molecule has 0 spiro atoms. The Morgan fingerprint density at radius 1 is 0.520 bits per heavy atom. The first-order valence-corrected chi connectivity index (χ1v) is 12.6. The molecule has 0 unspecified atom stereocenters. The zero-order valence-electron chi connectivity index (χ0n) is 23.4. The zero-order valence-corrected chi connectivity index (χ0v) is 23.4. The summed E-state index contributed by atoms with van der Waals surface area (Å²) in [5.74, 6) is -6.67. The lowest BCUT2D eigenvalue weighted by Crippen LogP contribution is -2.15. The Kier molecular flexibility index (Phi) is 7.82. The average Bonchev–Trinajstić information content (AvgIpc) is 3.56. The van der Waals surface area contributed by atoms with Crippen molar-refractivity contribution in [3.8, 4) is 42.5 Å². The van der Waals surface area contributed by atoms with E-state index in [1.165, 1.54) is 24.3 Å². The van der Waals surface area contributed by atoms with Crippen LogP contribution < -0.4 is 0 Å². The van der Waals surface area contributed by atoms with Crippen molar-refractivity contribution < 1.29 is 35.1 Å². The summed E-state index contributed by atoms with van der Waals surface area (Å²) >= 11 is 0. The number of allylic oxidation sites excluding steroid dienone is 8. The number of aromatic nitrogens is 6. The van der Waals surface area contributed by atoms with Gasteiger partial charge in [0.05, 0.1) is 16.7 Å². The van der Waals surface area contributed by atoms with Crippen molar-refractivity contribution in [3.05, 3.63) is 80.5 Å². The highest BCUT2D eigenvalue weighted by Gasteiger charge is 2.44. The molecule has 21 heteroatoms. The van der Waals surface area contributed by atoms with Gasteiger partial charge in [0.1, 0.15) is 53.6 Å². The molecule has 3 aromatic rings. The van der Waals surface area contributed by atoms with Crippen molar-refractivity contribution in [1.29, 1.82) is 36.8 Å². The van der Waals surface area contributed by atoms with Gasteiger partial charge >= 0.3 is 24.5 Å². The Morgan fingerprint density at radius 2 is 0.960 bits per heavy atom. The number of benzene rings is 1. The van der Waals surface area contributed by atoms with Gasteiger partial charge in [-0.2, -0.15) is 91.9 Å². The minimum atomic E-state index is -5.39. The largest absolute Gasteiger partial charge is 0.451 e. The third kappa shape index (κ3) is 5.05. The summed E-state index contributed by atoms with van der Waals surface area (Å²) in [4.78, 5) is 17.8. The molecule has 0 bridgehead atoms. The number of alkyl halides is 6. The lowest BCUT2D eigenvalue weighted by Gasteiger charge is -2.13. The predicted molar refractivity (Wildman–Crippen MR) is 142 cm³/mol. The fourth-order valence-corrected chi connectivity index (χ4v) is 5.11. The highest BCUT2D eigenvalue weighted by atomic mass is 19.4. The van der Waals surface area contributed by atoms with Gasteiger partial charge in [-0.05, 0) is 11.6 Å². The summed E-state index contributed by atoms with van der Waals surface area (Å²) in [5.41, 5.74) is -10.0. The maximum atomic E-state index is 14.4. The number of halogens is 8. The van der Waals surface area contributed by atoms with E-state index in [1.807, 2.05) is 0 Å². The Balaban J connectivity index is 2.02. The van der Waals surface area contributed by atoms with E-state index in [-0.39, 0.29) is 0 Å². The van der Waals surface area contributed by atoms with Crippen molar-refractivity contribution in [2.45, 2.75) is 12.4 Å². The van der Waals surface area contributed by atoms with Crippen LogP contribution in [0.5, 0.6) is 0 Å². The molecule has 0 atom stereocenters. The second kappa shape index (κ2) is 11.7. The fraction of sp³-hybridized carbons (Fsp3) is 0.0690. The van der Waals surface area contributed by atoms with Gasteiger partial charge in [-0.3, -0.25) is 0 Å². The van der Waals surface area contributed by atoms with Crippen LogP contribution >= 0.6 is 0 Å². The number of hydrogen-bond donors (Lipinski definition) is 0. The average molecular weight is 683 g/mol. The summed E-state index contributed by atoms with van der Waals surface area (Å²) in [6.07, 6.45) is -14.8. The van der Waals surface area contributed by atoms with E-state index in [4.69, 9.17) is 0 Å². The Hall–Kier alpha value is -7.93. The summed E-state index contributed by atoms with van der Waals surface area (Å²) in [7, 11) is 0. The topological polar surface area (TPSA) is 244 Å². The molecule has 5 rings (SSSR count). The Morgan fingerprint density at radius 3 is 1.36 bits per heavy atom. The molecule has 238 valence electrons. The molecule has 0 aliphatic heterocycles. The first-order chi connectivity index (χ1) is 23.6. The standard InChI is InChI=1S/C29HF8N13/c30-26-47-22(45-24(49-26)28(32,33)34)20-13(6-42)11-1-12-16(9(2-38)3-39)21(23-46-25(29(35,36)37)50-27(31)48-23)15(8-44)18(12)14(7-43)19(11)17(20)10(4-40)5-41/h1H. The number of nitriles is 7. The van der Waals surface area contributed by atoms with Gasteiger partial charge in [0.25, 0.3) is 0 Å². The van der Waals surface area contributed by atoms with Gasteiger partial charge in [-0.1, -0.05) is 0 Å². The van der Waals surface area contributed by atoms with E-state index in [0.717, 1.165) is 6.07 Å². The first-order valence-electron chi connectivity index (χ1n) is 12.6. The molecule has 0 amide bonds. The summed E-state index contributed by atoms with van der Waals surface area (Å²) < 4.78 is 110. The maximum Gasteiger partial charge on any atom is 0.451 e. The molecular formula is C29HF8N13. The van der Waals surface area contributed by atoms with E-state index in [2.05, 4.69) is 29.9 Å². The molecule has 50 heavy (non-hydrogen) atoms. The lowest BCUT2D eigenvalue weighted by atomic mass is 9.86. The minimum absolute atomic E-state index is 0.527. The van der Waals surface area contributed by atoms with Crippen molar-refractivity contribution in [2.24, 2.45) is 0 Å². The van der Waals surface area contributed by atoms with Gasteiger partial charge in [0.15, 0.2) is 11.6 Å². The molecule has 13 nitrogen and oxygen atoms in total.